The summed E-state index contributed by atoms with van der Waals surface area (Å²) in [5, 5.41) is 17.0. The molecule has 10 nitrogen and oxygen atoms in total. The van der Waals surface area contributed by atoms with Crippen molar-refractivity contribution in [2.24, 2.45) is 5.73 Å². The lowest BCUT2D eigenvalue weighted by Gasteiger charge is -2.31. The van der Waals surface area contributed by atoms with E-state index in [1.54, 1.807) is 19.1 Å². The van der Waals surface area contributed by atoms with Gasteiger partial charge in [0, 0.05) is 13.5 Å². The number of hydrogen-bond acceptors (Lipinski definition) is 6. The van der Waals surface area contributed by atoms with E-state index in [9.17, 15) is 24.3 Å². The maximum absolute atomic E-state index is 13.0. The summed E-state index contributed by atoms with van der Waals surface area (Å²) in [7, 11) is 1.53. The van der Waals surface area contributed by atoms with Gasteiger partial charge in [0.15, 0.2) is 0 Å². The monoisotopic (exact) mass is 469 g/mol. The van der Waals surface area contributed by atoms with Gasteiger partial charge >= 0.3 is 0 Å². The third-order valence-electron chi connectivity index (χ3n) is 5.22. The number of carbonyl (C=O) groups is 4. The van der Waals surface area contributed by atoms with Gasteiger partial charge in [0.2, 0.25) is 24.1 Å². The molecular formula is C24H31N5O5. The summed E-state index contributed by atoms with van der Waals surface area (Å²) in [4.78, 5) is 49.6. The van der Waals surface area contributed by atoms with E-state index in [-0.39, 0.29) is 18.7 Å². The Bertz CT molecular complexity index is 967. The highest BCUT2D eigenvalue weighted by Gasteiger charge is 2.28. The molecule has 0 aliphatic carbocycles. The smallest absolute Gasteiger partial charge is 0.246 e. The molecule has 34 heavy (non-hydrogen) atoms. The maximum atomic E-state index is 13.0. The number of aromatic hydroxyl groups is 1. The van der Waals surface area contributed by atoms with Gasteiger partial charge in [-0.2, -0.15) is 0 Å². The summed E-state index contributed by atoms with van der Waals surface area (Å²) < 4.78 is 0. The van der Waals surface area contributed by atoms with Crippen LogP contribution in [0.25, 0.3) is 0 Å². The average Bonchev–Trinajstić information content (AvgIpc) is 2.83. The van der Waals surface area contributed by atoms with Crippen molar-refractivity contribution in [1.29, 1.82) is 0 Å². The zero-order chi connectivity index (χ0) is 25.1. The van der Waals surface area contributed by atoms with Crippen LogP contribution in [0, 0.1) is 0 Å². The van der Waals surface area contributed by atoms with E-state index in [0.29, 0.717) is 12.8 Å². The quantitative estimate of drug-likeness (QED) is 0.212. The van der Waals surface area contributed by atoms with Crippen LogP contribution in [0.5, 0.6) is 5.75 Å². The van der Waals surface area contributed by atoms with Gasteiger partial charge in [-0.3, -0.25) is 19.2 Å². The standard InChI is InChI=1S/C24H31N5O5/c1-16(27-23(33)20(25)12-18-8-10-19(31)11-9-18)24(34)29(2)21(28-22(32)14-26-15-30)13-17-6-4-3-5-7-17/h3-11,15-16,20-21,31H,12-14,25H2,1-2H3,(H,26,30)(H,27,33)(H,28,32)/t16-,20+,21+/m1/s1. The summed E-state index contributed by atoms with van der Waals surface area (Å²) in [6, 6.07) is 13.9. The fourth-order valence-corrected chi connectivity index (χ4v) is 3.31. The molecule has 182 valence electrons. The second-order valence-corrected chi connectivity index (χ2v) is 7.93. The number of nitrogens with two attached hydrogens (primary N) is 1. The largest absolute Gasteiger partial charge is 0.508 e. The summed E-state index contributed by atoms with van der Waals surface area (Å²) in [5.74, 6) is -1.26. The van der Waals surface area contributed by atoms with E-state index in [2.05, 4.69) is 16.0 Å². The number of hydrogen-bond donors (Lipinski definition) is 5. The van der Waals surface area contributed by atoms with Crippen molar-refractivity contribution >= 4 is 24.1 Å². The van der Waals surface area contributed by atoms with Crippen molar-refractivity contribution in [1.82, 2.24) is 20.9 Å². The van der Waals surface area contributed by atoms with Crippen LogP contribution in [0.4, 0.5) is 0 Å². The maximum Gasteiger partial charge on any atom is 0.246 e. The van der Waals surface area contributed by atoms with E-state index in [4.69, 9.17) is 5.73 Å². The van der Waals surface area contributed by atoms with Gasteiger partial charge in [0.05, 0.1) is 12.6 Å². The zero-order valence-electron chi connectivity index (χ0n) is 19.2. The predicted octanol–water partition coefficient (Wildman–Crippen LogP) is -0.344. The molecule has 0 unspecified atom stereocenters. The van der Waals surface area contributed by atoms with Crippen molar-refractivity contribution in [2.75, 3.05) is 13.6 Å². The first-order valence-electron chi connectivity index (χ1n) is 10.8. The van der Waals surface area contributed by atoms with Crippen molar-refractivity contribution in [3.05, 3.63) is 65.7 Å². The Morgan fingerprint density at radius 2 is 1.62 bits per heavy atom. The van der Waals surface area contributed by atoms with Gasteiger partial charge in [0.25, 0.3) is 0 Å². The molecule has 0 bridgehead atoms. The molecule has 0 aliphatic heterocycles. The van der Waals surface area contributed by atoms with Gasteiger partial charge in [-0.1, -0.05) is 42.5 Å². The lowest BCUT2D eigenvalue weighted by Crippen LogP contribution is -2.57. The number of nitrogens with zero attached hydrogens (tertiary/aromatic N) is 1. The number of phenolic OH excluding ortho intramolecular Hbond substituents is 1. The third kappa shape index (κ3) is 8.21. The molecule has 2 rings (SSSR count). The first kappa shape index (κ1) is 26.3. The molecule has 6 N–H and O–H groups in total. The minimum Gasteiger partial charge on any atom is -0.508 e. The molecule has 0 heterocycles. The summed E-state index contributed by atoms with van der Waals surface area (Å²) in [5.41, 5.74) is 7.66. The van der Waals surface area contributed by atoms with Crippen molar-refractivity contribution in [3.63, 3.8) is 0 Å². The van der Waals surface area contributed by atoms with Gasteiger partial charge < -0.3 is 31.7 Å². The fraction of sp³-hybridized carbons (Fsp3) is 0.333. The second-order valence-electron chi connectivity index (χ2n) is 7.93. The van der Waals surface area contributed by atoms with Crippen LogP contribution in [0.3, 0.4) is 0 Å². The molecule has 0 aliphatic rings. The third-order valence-corrected chi connectivity index (χ3v) is 5.22. The molecule has 0 radical (unpaired) electrons. The first-order valence-corrected chi connectivity index (χ1v) is 10.8. The summed E-state index contributed by atoms with van der Waals surface area (Å²) >= 11 is 0. The van der Waals surface area contributed by atoms with Crippen LogP contribution >= 0.6 is 0 Å². The molecular weight excluding hydrogens is 438 g/mol. The SMILES string of the molecule is C[C@@H](NC(=O)[C@@H](N)Cc1ccc(O)cc1)C(=O)N(C)[C@@H](Cc1ccccc1)NC(=O)CNC=O. The minimum absolute atomic E-state index is 0.114. The van der Waals surface area contributed by atoms with Gasteiger partial charge in [-0.05, 0) is 36.6 Å². The number of benzene rings is 2. The highest BCUT2D eigenvalue weighted by Crippen LogP contribution is 2.11. The first-order chi connectivity index (χ1) is 16.2. The molecule has 0 aromatic heterocycles. The molecule has 3 atom stereocenters. The molecule has 0 saturated heterocycles. The van der Waals surface area contributed by atoms with Crippen molar-refractivity contribution in [2.45, 2.75) is 38.0 Å². The minimum atomic E-state index is -0.897. The predicted molar refractivity (Wildman–Crippen MR) is 126 cm³/mol. The Labute approximate surface area is 198 Å². The topological polar surface area (TPSA) is 154 Å². The lowest BCUT2D eigenvalue weighted by atomic mass is 10.1. The molecule has 0 spiro atoms. The number of amides is 4. The summed E-state index contributed by atoms with van der Waals surface area (Å²) in [6.07, 6.45) is 0.275. The van der Waals surface area contributed by atoms with Crippen LogP contribution in [0.2, 0.25) is 0 Å². The highest BCUT2D eigenvalue weighted by atomic mass is 16.3. The zero-order valence-corrected chi connectivity index (χ0v) is 19.2. The van der Waals surface area contributed by atoms with E-state index in [0.717, 1.165) is 11.1 Å². The number of carbonyl (C=O) groups excluding carboxylic acids is 4. The van der Waals surface area contributed by atoms with Crippen molar-refractivity contribution in [3.8, 4) is 5.75 Å². The van der Waals surface area contributed by atoms with E-state index >= 15 is 0 Å². The average molecular weight is 470 g/mol. The molecule has 2 aromatic rings. The van der Waals surface area contributed by atoms with E-state index in [1.807, 2.05) is 30.3 Å². The van der Waals surface area contributed by atoms with Crippen LogP contribution in [0.1, 0.15) is 18.1 Å². The second kappa shape index (κ2) is 12.9. The van der Waals surface area contributed by atoms with Crippen LogP contribution < -0.4 is 21.7 Å². The molecule has 2 aromatic carbocycles. The van der Waals surface area contributed by atoms with E-state index in [1.165, 1.54) is 24.1 Å². The Hall–Kier alpha value is -3.92. The van der Waals surface area contributed by atoms with Gasteiger partial charge in [0.1, 0.15) is 18.0 Å². The number of likely N-dealkylation sites (N-methyl/N-ethyl adjacent to an activating group) is 1. The highest BCUT2D eigenvalue weighted by molar-refractivity contribution is 5.90. The lowest BCUT2D eigenvalue weighted by molar-refractivity contribution is -0.138. The van der Waals surface area contributed by atoms with Crippen LogP contribution in [-0.2, 0) is 32.0 Å². The van der Waals surface area contributed by atoms with Crippen LogP contribution in [-0.4, -0.2) is 66.0 Å². The van der Waals surface area contributed by atoms with E-state index < -0.39 is 36.0 Å². The molecule has 0 saturated carbocycles. The number of rotatable bonds is 12. The van der Waals surface area contributed by atoms with Gasteiger partial charge in [-0.25, -0.2) is 0 Å². The van der Waals surface area contributed by atoms with Gasteiger partial charge in [-0.15, -0.1) is 0 Å². The van der Waals surface area contributed by atoms with Crippen LogP contribution in [0.15, 0.2) is 54.6 Å². The number of nitrogens with one attached hydrogen (secondary N) is 3. The Morgan fingerprint density at radius 1 is 1.00 bits per heavy atom. The fourth-order valence-electron chi connectivity index (χ4n) is 3.31. The molecule has 10 heteroatoms. The summed E-state index contributed by atoms with van der Waals surface area (Å²) in [6.45, 7) is 1.31. The van der Waals surface area contributed by atoms with Crippen molar-refractivity contribution < 1.29 is 24.3 Å². The Kier molecular flexibility index (Phi) is 10.0. The number of phenols is 1. The normalized spacial score (nSPS) is 13.1. The Balaban J connectivity index is 2.02. The Morgan fingerprint density at radius 3 is 2.24 bits per heavy atom. The molecule has 0 fully saturated rings. The molecule has 4 amide bonds.